The van der Waals surface area contributed by atoms with Crippen LogP contribution in [0.1, 0.15) is 33.3 Å². The Hall–Kier alpha value is -1.63. The Balaban J connectivity index is 1.81. The highest BCUT2D eigenvalue weighted by atomic mass is 32.2. The molecule has 2 atom stereocenters. The van der Waals surface area contributed by atoms with Crippen molar-refractivity contribution in [2.24, 2.45) is 0 Å². The maximum atomic E-state index is 13.1. The van der Waals surface area contributed by atoms with Crippen LogP contribution in [-0.2, 0) is 17.8 Å². The van der Waals surface area contributed by atoms with Gasteiger partial charge in [-0.25, -0.2) is 4.39 Å². The molecule has 24 heavy (non-hydrogen) atoms. The molecule has 128 valence electrons. The SMILES string of the molecule is CC1(N[S+]([O-])C(C)(C)C)Cc2cc(-c3ccc(F)cc3)ncc2O1. The lowest BCUT2D eigenvalue weighted by Gasteiger charge is -2.31. The summed E-state index contributed by atoms with van der Waals surface area (Å²) >= 11 is -1.24. The molecule has 2 aromatic rings. The van der Waals surface area contributed by atoms with E-state index in [0.29, 0.717) is 12.2 Å². The van der Waals surface area contributed by atoms with Gasteiger partial charge in [0.2, 0.25) is 5.72 Å². The monoisotopic (exact) mass is 348 g/mol. The van der Waals surface area contributed by atoms with Crippen LogP contribution in [0.25, 0.3) is 11.3 Å². The average Bonchev–Trinajstić information content (AvgIpc) is 2.81. The van der Waals surface area contributed by atoms with E-state index in [0.717, 1.165) is 16.8 Å². The lowest BCUT2D eigenvalue weighted by Crippen LogP contribution is -2.54. The zero-order valence-electron chi connectivity index (χ0n) is 14.2. The second-order valence-corrected chi connectivity index (χ2v) is 9.14. The molecule has 1 N–H and O–H groups in total. The van der Waals surface area contributed by atoms with Crippen molar-refractivity contribution in [1.29, 1.82) is 0 Å². The fraction of sp³-hybridized carbons (Fsp3) is 0.389. The Morgan fingerprint density at radius 1 is 1.29 bits per heavy atom. The quantitative estimate of drug-likeness (QED) is 0.861. The average molecular weight is 348 g/mol. The third-order valence-electron chi connectivity index (χ3n) is 3.82. The highest BCUT2D eigenvalue weighted by Gasteiger charge is 2.42. The zero-order chi connectivity index (χ0) is 17.5. The predicted octanol–water partition coefficient (Wildman–Crippen LogP) is 3.59. The number of ether oxygens (including phenoxy) is 1. The van der Waals surface area contributed by atoms with E-state index >= 15 is 0 Å². The Morgan fingerprint density at radius 3 is 2.58 bits per heavy atom. The van der Waals surface area contributed by atoms with Crippen LogP contribution < -0.4 is 9.46 Å². The van der Waals surface area contributed by atoms with Crippen molar-refractivity contribution in [2.45, 2.75) is 44.6 Å². The van der Waals surface area contributed by atoms with Crippen LogP contribution in [0.4, 0.5) is 4.39 Å². The molecule has 0 fully saturated rings. The largest absolute Gasteiger partial charge is 0.598 e. The molecule has 0 spiro atoms. The van der Waals surface area contributed by atoms with Crippen LogP contribution in [0.3, 0.4) is 0 Å². The predicted molar refractivity (Wildman–Crippen MR) is 93.4 cm³/mol. The number of nitrogens with one attached hydrogen (secondary N) is 1. The summed E-state index contributed by atoms with van der Waals surface area (Å²) in [7, 11) is 0. The lowest BCUT2D eigenvalue weighted by molar-refractivity contribution is 0.103. The molecule has 1 aliphatic heterocycles. The molecule has 1 aromatic carbocycles. The fourth-order valence-corrected chi connectivity index (χ4v) is 3.35. The van der Waals surface area contributed by atoms with Crippen LogP contribution in [0, 0.1) is 5.82 Å². The molecule has 0 saturated carbocycles. The minimum absolute atomic E-state index is 0.273. The van der Waals surface area contributed by atoms with Crippen LogP contribution in [0.5, 0.6) is 5.75 Å². The highest BCUT2D eigenvalue weighted by molar-refractivity contribution is 7.90. The molecule has 0 radical (unpaired) electrons. The summed E-state index contributed by atoms with van der Waals surface area (Å²) in [4.78, 5) is 4.39. The van der Waals surface area contributed by atoms with Crippen LogP contribution >= 0.6 is 0 Å². The van der Waals surface area contributed by atoms with Gasteiger partial charge in [0.25, 0.3) is 0 Å². The number of hydrogen-bond donors (Lipinski definition) is 1. The first-order valence-electron chi connectivity index (χ1n) is 7.80. The highest BCUT2D eigenvalue weighted by Crippen LogP contribution is 2.36. The molecule has 2 heterocycles. The van der Waals surface area contributed by atoms with Gasteiger partial charge < -0.3 is 9.29 Å². The Labute approximate surface area is 144 Å². The molecule has 4 nitrogen and oxygen atoms in total. The van der Waals surface area contributed by atoms with Crippen molar-refractivity contribution >= 4 is 11.4 Å². The Kier molecular flexibility index (Phi) is 4.32. The van der Waals surface area contributed by atoms with Gasteiger partial charge >= 0.3 is 0 Å². The minimum Gasteiger partial charge on any atom is -0.598 e. The minimum atomic E-state index is -1.24. The van der Waals surface area contributed by atoms with Crippen molar-refractivity contribution in [3.8, 4) is 17.0 Å². The number of rotatable bonds is 3. The van der Waals surface area contributed by atoms with Gasteiger partial charge in [-0.3, -0.25) is 4.98 Å². The van der Waals surface area contributed by atoms with Crippen LogP contribution in [-0.4, -0.2) is 20.0 Å². The standard InChI is InChI=1S/C18H21FN2O2S/c1-17(2,3)24(22)21-18(4)10-13-9-15(20-11-16(13)23-18)12-5-7-14(19)8-6-12/h5-9,11,21H,10H2,1-4H3. The van der Waals surface area contributed by atoms with E-state index in [1.807, 2.05) is 33.8 Å². The molecule has 1 aliphatic rings. The zero-order valence-corrected chi connectivity index (χ0v) is 15.0. The third-order valence-corrected chi connectivity index (χ3v) is 5.55. The van der Waals surface area contributed by atoms with Gasteiger partial charge in [-0.2, -0.15) is 0 Å². The van der Waals surface area contributed by atoms with Gasteiger partial charge in [-0.1, -0.05) is 4.72 Å². The molecule has 0 amide bonds. The Morgan fingerprint density at radius 2 is 1.96 bits per heavy atom. The topological polar surface area (TPSA) is 57.2 Å². The summed E-state index contributed by atoms with van der Waals surface area (Å²) in [6, 6.07) is 8.17. The van der Waals surface area contributed by atoms with Gasteiger partial charge in [-0.05, 0) is 58.0 Å². The fourth-order valence-electron chi connectivity index (χ4n) is 2.54. The number of aromatic nitrogens is 1. The normalized spacial score (nSPS) is 21.2. The number of benzene rings is 1. The molecule has 0 bridgehead atoms. The molecule has 1 aromatic heterocycles. The van der Waals surface area contributed by atoms with Crippen molar-refractivity contribution in [1.82, 2.24) is 9.71 Å². The third kappa shape index (κ3) is 3.55. The van der Waals surface area contributed by atoms with Crippen molar-refractivity contribution < 1.29 is 13.7 Å². The van der Waals surface area contributed by atoms with Gasteiger partial charge in [0.15, 0.2) is 0 Å². The summed E-state index contributed by atoms with van der Waals surface area (Å²) in [5.41, 5.74) is 1.87. The number of halogens is 1. The summed E-state index contributed by atoms with van der Waals surface area (Å²) in [6.07, 6.45) is 2.25. The molecular formula is C18H21FN2O2S. The molecular weight excluding hydrogens is 327 g/mol. The van der Waals surface area contributed by atoms with E-state index < -0.39 is 17.1 Å². The van der Waals surface area contributed by atoms with Crippen LogP contribution in [0.2, 0.25) is 0 Å². The van der Waals surface area contributed by atoms with Crippen molar-refractivity contribution in [2.75, 3.05) is 0 Å². The summed E-state index contributed by atoms with van der Waals surface area (Å²) in [6.45, 7) is 7.62. The second-order valence-electron chi connectivity index (χ2n) is 7.18. The first-order valence-corrected chi connectivity index (χ1v) is 8.95. The second kappa shape index (κ2) is 6.02. The molecule has 2 unspecified atom stereocenters. The number of nitrogens with zero attached hydrogens (tertiary/aromatic N) is 1. The van der Waals surface area contributed by atoms with Crippen molar-refractivity contribution in [3.63, 3.8) is 0 Å². The van der Waals surface area contributed by atoms with Gasteiger partial charge in [-0.15, -0.1) is 0 Å². The van der Waals surface area contributed by atoms with E-state index in [1.54, 1.807) is 18.3 Å². The molecule has 6 heteroatoms. The van der Waals surface area contributed by atoms with Crippen molar-refractivity contribution in [3.05, 3.63) is 47.9 Å². The summed E-state index contributed by atoms with van der Waals surface area (Å²) in [5, 5.41) is 0. The van der Waals surface area contributed by atoms with E-state index in [4.69, 9.17) is 4.74 Å². The van der Waals surface area contributed by atoms with E-state index in [1.165, 1.54) is 12.1 Å². The van der Waals surface area contributed by atoms with Gasteiger partial charge in [0, 0.05) is 28.9 Å². The van der Waals surface area contributed by atoms with E-state index in [9.17, 15) is 8.94 Å². The van der Waals surface area contributed by atoms with Gasteiger partial charge in [0.1, 0.15) is 16.3 Å². The Bertz CT molecular complexity index is 746. The molecule has 0 saturated heterocycles. The summed E-state index contributed by atoms with van der Waals surface area (Å²) in [5.74, 6) is 0.409. The first-order chi connectivity index (χ1) is 11.2. The summed E-state index contributed by atoms with van der Waals surface area (Å²) < 4.78 is 34.1. The maximum Gasteiger partial charge on any atom is 0.201 e. The smallest absolute Gasteiger partial charge is 0.201 e. The van der Waals surface area contributed by atoms with E-state index in [2.05, 4.69) is 9.71 Å². The first kappa shape index (κ1) is 17.2. The number of fused-ring (bicyclic) bond motifs is 1. The maximum absolute atomic E-state index is 13.1. The lowest BCUT2D eigenvalue weighted by atomic mass is 10.0. The number of hydrogen-bond acceptors (Lipinski definition) is 4. The number of pyridine rings is 1. The molecule has 0 aliphatic carbocycles. The van der Waals surface area contributed by atoms with Crippen LogP contribution in [0.15, 0.2) is 36.5 Å². The van der Waals surface area contributed by atoms with Gasteiger partial charge in [0.05, 0.1) is 11.9 Å². The van der Waals surface area contributed by atoms with E-state index in [-0.39, 0.29) is 10.6 Å². The molecule has 3 rings (SSSR count).